The third-order valence-corrected chi connectivity index (χ3v) is 4.77. The lowest BCUT2D eigenvalue weighted by molar-refractivity contribution is -0.137. The van der Waals surface area contributed by atoms with E-state index in [1.54, 1.807) is 24.3 Å². The molecule has 2 amide bonds. The van der Waals surface area contributed by atoms with Crippen molar-refractivity contribution in [2.75, 3.05) is 0 Å². The van der Waals surface area contributed by atoms with Crippen LogP contribution in [0.5, 0.6) is 0 Å². The summed E-state index contributed by atoms with van der Waals surface area (Å²) in [6.45, 7) is 0. The monoisotopic (exact) mass is 354 g/mol. The first kappa shape index (κ1) is 14.9. The molecule has 0 spiro atoms. The second-order valence-corrected chi connectivity index (χ2v) is 6.21. The number of aromatic nitrogens is 1. The summed E-state index contributed by atoms with van der Waals surface area (Å²) in [5, 5.41) is 4.48. The highest BCUT2D eigenvalue weighted by molar-refractivity contribution is 6.36. The number of benzene rings is 3. The smallest absolute Gasteiger partial charge is 0.354 e. The topological polar surface area (TPSA) is 62.0 Å². The van der Waals surface area contributed by atoms with Crippen LogP contribution in [0.3, 0.4) is 0 Å². The minimum atomic E-state index is -4.47. The zero-order valence-electron chi connectivity index (χ0n) is 13.0. The van der Waals surface area contributed by atoms with Gasteiger partial charge >= 0.3 is 6.18 Å². The molecule has 0 bridgehead atoms. The standard InChI is InChI=1S/C19H9F3N2O2/c20-19(21,22)8-5-6-11-12(7-8)23-16-10-4-2-1-3-9(10)14-15(13(11)16)18(26)24-17(14)25/h1-7,23H,(H,24,25,26). The van der Waals surface area contributed by atoms with Crippen molar-refractivity contribution >= 4 is 44.4 Å². The molecular formula is C19H9F3N2O2. The maximum atomic E-state index is 13.0. The second kappa shape index (κ2) is 4.63. The number of imide groups is 1. The van der Waals surface area contributed by atoms with Crippen molar-refractivity contribution in [2.24, 2.45) is 0 Å². The Balaban J connectivity index is 2.03. The predicted molar refractivity (Wildman–Crippen MR) is 90.1 cm³/mol. The number of halogens is 3. The van der Waals surface area contributed by atoms with Gasteiger partial charge in [0.15, 0.2) is 0 Å². The van der Waals surface area contributed by atoms with Crippen LogP contribution in [0.1, 0.15) is 26.3 Å². The van der Waals surface area contributed by atoms with Gasteiger partial charge in [-0.3, -0.25) is 14.9 Å². The van der Waals surface area contributed by atoms with Crippen LogP contribution in [-0.2, 0) is 6.18 Å². The van der Waals surface area contributed by atoms with Crippen LogP contribution < -0.4 is 5.32 Å². The number of carbonyl (C=O) groups is 2. The van der Waals surface area contributed by atoms with Gasteiger partial charge in [0.05, 0.1) is 22.2 Å². The quantitative estimate of drug-likeness (QED) is 0.461. The highest BCUT2D eigenvalue weighted by Gasteiger charge is 2.34. The first-order valence-corrected chi connectivity index (χ1v) is 7.79. The van der Waals surface area contributed by atoms with Gasteiger partial charge in [0.2, 0.25) is 0 Å². The number of aromatic amines is 1. The Bertz CT molecular complexity index is 1290. The van der Waals surface area contributed by atoms with Gasteiger partial charge in [-0.1, -0.05) is 30.3 Å². The fourth-order valence-corrected chi connectivity index (χ4v) is 3.71. The molecule has 0 atom stereocenters. The van der Waals surface area contributed by atoms with E-state index < -0.39 is 23.6 Å². The molecule has 4 aromatic rings. The third kappa shape index (κ3) is 1.79. The van der Waals surface area contributed by atoms with Gasteiger partial charge in [0.1, 0.15) is 0 Å². The van der Waals surface area contributed by atoms with Crippen LogP contribution in [-0.4, -0.2) is 16.8 Å². The number of rotatable bonds is 0. The molecule has 3 aromatic carbocycles. The summed E-state index contributed by atoms with van der Waals surface area (Å²) < 4.78 is 39.1. The molecule has 5 rings (SSSR count). The SMILES string of the molecule is O=C1NC(=O)c2c1c1ccccc1c1[nH]c3cc(C(F)(F)F)ccc3c21. The van der Waals surface area contributed by atoms with Crippen molar-refractivity contribution in [3.8, 4) is 0 Å². The van der Waals surface area contributed by atoms with E-state index in [-0.39, 0.29) is 16.6 Å². The lowest BCUT2D eigenvalue weighted by Crippen LogP contribution is -2.20. The van der Waals surface area contributed by atoms with Gasteiger partial charge in [-0.25, -0.2) is 0 Å². The van der Waals surface area contributed by atoms with E-state index in [4.69, 9.17) is 0 Å². The number of hydrogen-bond donors (Lipinski definition) is 2. The highest BCUT2D eigenvalue weighted by atomic mass is 19.4. The molecule has 0 aliphatic carbocycles. The number of hydrogen-bond acceptors (Lipinski definition) is 2. The maximum absolute atomic E-state index is 13.0. The summed E-state index contributed by atoms with van der Waals surface area (Å²) in [6, 6.07) is 10.3. The molecule has 7 heteroatoms. The largest absolute Gasteiger partial charge is 0.416 e. The summed E-state index contributed by atoms with van der Waals surface area (Å²) in [6.07, 6.45) is -4.47. The van der Waals surface area contributed by atoms with Gasteiger partial charge in [0.25, 0.3) is 11.8 Å². The summed E-state index contributed by atoms with van der Waals surface area (Å²) >= 11 is 0. The molecule has 0 radical (unpaired) electrons. The minimum absolute atomic E-state index is 0.203. The first-order chi connectivity index (χ1) is 12.4. The van der Waals surface area contributed by atoms with E-state index >= 15 is 0 Å². The lowest BCUT2D eigenvalue weighted by Gasteiger charge is -2.06. The van der Waals surface area contributed by atoms with E-state index in [0.29, 0.717) is 27.1 Å². The van der Waals surface area contributed by atoms with E-state index in [2.05, 4.69) is 10.3 Å². The van der Waals surface area contributed by atoms with Crippen LogP contribution in [0.2, 0.25) is 0 Å². The predicted octanol–water partition coefficient (Wildman–Crippen LogP) is 4.38. The van der Waals surface area contributed by atoms with E-state index in [1.807, 2.05) is 0 Å². The van der Waals surface area contributed by atoms with Crippen molar-refractivity contribution in [3.05, 3.63) is 59.2 Å². The van der Waals surface area contributed by atoms with Crippen molar-refractivity contribution in [3.63, 3.8) is 0 Å². The van der Waals surface area contributed by atoms with Crippen molar-refractivity contribution in [1.82, 2.24) is 10.3 Å². The average Bonchev–Trinajstić information content (AvgIpc) is 3.11. The van der Waals surface area contributed by atoms with Gasteiger partial charge < -0.3 is 4.98 Å². The number of alkyl halides is 3. The van der Waals surface area contributed by atoms with E-state index in [0.717, 1.165) is 12.1 Å². The number of fused-ring (bicyclic) bond motifs is 8. The fourth-order valence-electron chi connectivity index (χ4n) is 3.71. The molecule has 0 saturated heterocycles. The Kier molecular flexibility index (Phi) is 2.66. The number of nitrogens with one attached hydrogen (secondary N) is 2. The summed E-state index contributed by atoms with van der Waals surface area (Å²) in [5.74, 6) is -1.04. The van der Waals surface area contributed by atoms with Crippen LogP contribution in [0.4, 0.5) is 13.2 Å². The van der Waals surface area contributed by atoms with Crippen molar-refractivity contribution in [2.45, 2.75) is 6.18 Å². The summed E-state index contributed by atoms with van der Waals surface area (Å²) in [7, 11) is 0. The van der Waals surface area contributed by atoms with Crippen LogP contribution >= 0.6 is 0 Å². The molecule has 128 valence electrons. The van der Waals surface area contributed by atoms with Crippen LogP contribution in [0, 0.1) is 0 Å². The first-order valence-electron chi connectivity index (χ1n) is 7.79. The zero-order valence-corrected chi connectivity index (χ0v) is 13.0. The Morgan fingerprint density at radius 1 is 0.808 bits per heavy atom. The van der Waals surface area contributed by atoms with Crippen molar-refractivity contribution in [1.29, 1.82) is 0 Å². The van der Waals surface area contributed by atoms with Crippen LogP contribution in [0.15, 0.2) is 42.5 Å². The number of amides is 2. The summed E-state index contributed by atoms with van der Waals surface area (Å²) in [5.41, 5.74) is 0.491. The molecule has 1 aliphatic rings. The fraction of sp³-hybridized carbons (Fsp3) is 0.0526. The molecule has 0 unspecified atom stereocenters. The third-order valence-electron chi connectivity index (χ3n) is 4.77. The number of H-pyrrole nitrogens is 1. The Labute approximate surface area is 143 Å². The molecule has 1 aromatic heterocycles. The van der Waals surface area contributed by atoms with Gasteiger partial charge in [-0.2, -0.15) is 13.2 Å². The van der Waals surface area contributed by atoms with Gasteiger partial charge in [-0.05, 0) is 17.5 Å². The molecular weight excluding hydrogens is 345 g/mol. The second-order valence-electron chi connectivity index (χ2n) is 6.21. The lowest BCUT2D eigenvalue weighted by atomic mass is 9.95. The molecule has 4 nitrogen and oxygen atoms in total. The minimum Gasteiger partial charge on any atom is -0.354 e. The van der Waals surface area contributed by atoms with E-state index in [9.17, 15) is 22.8 Å². The van der Waals surface area contributed by atoms with E-state index in [1.165, 1.54) is 6.07 Å². The Hall–Kier alpha value is -3.35. The van der Waals surface area contributed by atoms with Crippen molar-refractivity contribution < 1.29 is 22.8 Å². The van der Waals surface area contributed by atoms with Crippen LogP contribution in [0.25, 0.3) is 32.6 Å². The average molecular weight is 354 g/mol. The molecule has 1 aliphatic heterocycles. The highest BCUT2D eigenvalue weighted by Crippen LogP contribution is 2.40. The normalized spacial score (nSPS) is 14.4. The zero-order chi connectivity index (χ0) is 18.2. The molecule has 26 heavy (non-hydrogen) atoms. The molecule has 2 heterocycles. The summed E-state index contributed by atoms with van der Waals surface area (Å²) in [4.78, 5) is 27.7. The Morgan fingerprint density at radius 2 is 1.50 bits per heavy atom. The molecule has 0 saturated carbocycles. The Morgan fingerprint density at radius 3 is 2.23 bits per heavy atom. The van der Waals surface area contributed by atoms with Gasteiger partial charge in [0, 0.05) is 21.7 Å². The number of carbonyl (C=O) groups excluding carboxylic acids is 2. The molecule has 2 N–H and O–H groups in total. The van der Waals surface area contributed by atoms with Gasteiger partial charge in [-0.15, -0.1) is 0 Å². The maximum Gasteiger partial charge on any atom is 0.416 e. The molecule has 0 fully saturated rings.